The molecule has 0 bridgehead atoms. The summed E-state index contributed by atoms with van der Waals surface area (Å²) in [5.74, 6) is 0.261. The van der Waals surface area contributed by atoms with Crippen molar-refractivity contribution in [1.82, 2.24) is 9.78 Å². The molecule has 1 aromatic carbocycles. The van der Waals surface area contributed by atoms with Gasteiger partial charge < -0.3 is 5.11 Å². The molecule has 0 aliphatic heterocycles. The van der Waals surface area contributed by atoms with Crippen LogP contribution in [0.25, 0.3) is 11.3 Å². The highest BCUT2D eigenvalue weighted by atomic mass is 79.9. The molecule has 1 N–H and O–H groups in total. The maximum atomic E-state index is 10.1. The summed E-state index contributed by atoms with van der Waals surface area (Å²) in [6, 6.07) is 8.01. The van der Waals surface area contributed by atoms with E-state index in [-0.39, 0.29) is 11.8 Å². The highest BCUT2D eigenvalue weighted by molar-refractivity contribution is 9.10. The largest absolute Gasteiger partial charge is 0.504 e. The number of hydrogen-bond acceptors (Lipinski definition) is 2. The lowest BCUT2D eigenvalue weighted by atomic mass is 10.1. The zero-order valence-corrected chi connectivity index (χ0v) is 11.7. The number of nitrogens with zero attached hydrogens (tertiary/aromatic N) is 2. The Bertz CT molecular complexity index is 546. The number of hydrogen-bond donors (Lipinski definition) is 1. The number of benzene rings is 1. The van der Waals surface area contributed by atoms with E-state index in [0.29, 0.717) is 5.69 Å². The lowest BCUT2D eigenvalue weighted by Crippen LogP contribution is -2.04. The van der Waals surface area contributed by atoms with Gasteiger partial charge in [0.25, 0.3) is 0 Å². The van der Waals surface area contributed by atoms with Crippen molar-refractivity contribution in [3.8, 4) is 17.0 Å². The summed E-state index contributed by atoms with van der Waals surface area (Å²) in [4.78, 5) is 0. The predicted octanol–water partition coefficient (Wildman–Crippen LogP) is 3.91. The Labute approximate surface area is 109 Å². The summed E-state index contributed by atoms with van der Waals surface area (Å²) >= 11 is 3.42. The quantitative estimate of drug-likeness (QED) is 0.912. The zero-order valence-electron chi connectivity index (χ0n) is 10.1. The lowest BCUT2D eigenvalue weighted by Gasteiger charge is -2.06. The van der Waals surface area contributed by atoms with E-state index in [1.807, 2.05) is 49.7 Å². The van der Waals surface area contributed by atoms with E-state index in [9.17, 15) is 5.11 Å². The van der Waals surface area contributed by atoms with Crippen molar-refractivity contribution >= 4 is 15.9 Å². The van der Waals surface area contributed by atoms with Crippen molar-refractivity contribution in [3.05, 3.63) is 34.4 Å². The molecule has 2 rings (SSSR count). The van der Waals surface area contributed by atoms with Gasteiger partial charge in [-0.05, 0) is 32.9 Å². The zero-order chi connectivity index (χ0) is 12.6. The third-order valence-electron chi connectivity index (χ3n) is 2.71. The second kappa shape index (κ2) is 4.53. The molecule has 0 spiro atoms. The first-order chi connectivity index (χ1) is 8.00. The highest BCUT2D eigenvalue weighted by Gasteiger charge is 2.16. The Hall–Kier alpha value is -1.29. The van der Waals surface area contributed by atoms with Crippen LogP contribution in [0.3, 0.4) is 0 Å². The molecule has 4 heteroatoms. The number of rotatable bonds is 2. The Morgan fingerprint density at radius 1 is 1.35 bits per heavy atom. The van der Waals surface area contributed by atoms with Gasteiger partial charge in [-0.3, -0.25) is 4.68 Å². The van der Waals surface area contributed by atoms with Crippen LogP contribution in [0.1, 0.15) is 25.6 Å². The molecule has 3 nitrogen and oxygen atoms in total. The van der Waals surface area contributed by atoms with Crippen LogP contribution >= 0.6 is 15.9 Å². The highest BCUT2D eigenvalue weighted by Crippen LogP contribution is 2.33. The van der Waals surface area contributed by atoms with Gasteiger partial charge in [0.15, 0.2) is 5.75 Å². The topological polar surface area (TPSA) is 38.1 Å². The van der Waals surface area contributed by atoms with Gasteiger partial charge in [-0.2, -0.15) is 5.10 Å². The molecule has 0 aliphatic rings. The predicted molar refractivity (Wildman–Crippen MR) is 72.1 cm³/mol. The molecule has 0 unspecified atom stereocenters. The van der Waals surface area contributed by atoms with E-state index in [1.54, 1.807) is 0 Å². The third-order valence-corrected chi connectivity index (χ3v) is 3.20. The third kappa shape index (κ3) is 2.22. The molecule has 0 radical (unpaired) electrons. The maximum absolute atomic E-state index is 10.1. The van der Waals surface area contributed by atoms with Crippen LogP contribution in [0.2, 0.25) is 0 Å². The monoisotopic (exact) mass is 294 g/mol. The standard InChI is InChI=1S/C13H15BrN2O/c1-8(2)16-9(3)13(17)12(15-16)10-5-4-6-11(14)7-10/h4-8,17H,1-3H3. The second-order valence-electron chi connectivity index (χ2n) is 4.33. The van der Waals surface area contributed by atoms with Gasteiger partial charge in [0.05, 0.1) is 5.69 Å². The summed E-state index contributed by atoms with van der Waals surface area (Å²) in [6.45, 7) is 5.97. The van der Waals surface area contributed by atoms with Crippen LogP contribution < -0.4 is 0 Å². The lowest BCUT2D eigenvalue weighted by molar-refractivity contribution is 0.461. The van der Waals surface area contributed by atoms with E-state index in [4.69, 9.17) is 0 Å². The van der Waals surface area contributed by atoms with Crippen molar-refractivity contribution in [2.45, 2.75) is 26.8 Å². The first-order valence-electron chi connectivity index (χ1n) is 5.54. The molecular formula is C13H15BrN2O. The van der Waals surface area contributed by atoms with E-state index in [1.165, 1.54) is 0 Å². The molecule has 0 saturated carbocycles. The SMILES string of the molecule is Cc1c(O)c(-c2cccc(Br)c2)nn1C(C)C. The Balaban J connectivity index is 2.57. The summed E-state index contributed by atoms with van der Waals surface area (Å²) in [6.07, 6.45) is 0. The van der Waals surface area contributed by atoms with Gasteiger partial charge in [-0.25, -0.2) is 0 Å². The van der Waals surface area contributed by atoms with Crippen molar-refractivity contribution in [1.29, 1.82) is 0 Å². The summed E-state index contributed by atoms with van der Waals surface area (Å²) in [5.41, 5.74) is 2.35. The van der Waals surface area contributed by atoms with Crippen LogP contribution in [0, 0.1) is 6.92 Å². The van der Waals surface area contributed by atoms with Gasteiger partial charge in [-0.15, -0.1) is 0 Å². The van der Waals surface area contributed by atoms with Crippen molar-refractivity contribution in [3.63, 3.8) is 0 Å². The Morgan fingerprint density at radius 3 is 2.59 bits per heavy atom. The molecule has 90 valence electrons. The Morgan fingerprint density at radius 2 is 2.06 bits per heavy atom. The molecule has 2 aromatic rings. The summed E-state index contributed by atoms with van der Waals surface area (Å²) in [7, 11) is 0. The van der Waals surface area contributed by atoms with Gasteiger partial charge in [0.2, 0.25) is 0 Å². The van der Waals surface area contributed by atoms with E-state index >= 15 is 0 Å². The van der Waals surface area contributed by atoms with E-state index in [2.05, 4.69) is 21.0 Å². The molecule has 0 atom stereocenters. The molecule has 1 heterocycles. The summed E-state index contributed by atoms with van der Waals surface area (Å²) in [5, 5.41) is 14.6. The number of halogens is 1. The molecular weight excluding hydrogens is 280 g/mol. The number of aromatic nitrogens is 2. The van der Waals surface area contributed by atoms with Crippen LogP contribution in [0.5, 0.6) is 5.75 Å². The van der Waals surface area contributed by atoms with Crippen LogP contribution in [0.15, 0.2) is 28.7 Å². The van der Waals surface area contributed by atoms with Crippen molar-refractivity contribution in [2.75, 3.05) is 0 Å². The minimum absolute atomic E-state index is 0.238. The smallest absolute Gasteiger partial charge is 0.164 e. The van der Waals surface area contributed by atoms with Gasteiger partial charge in [0.1, 0.15) is 5.69 Å². The van der Waals surface area contributed by atoms with Crippen LogP contribution in [-0.2, 0) is 0 Å². The van der Waals surface area contributed by atoms with Gasteiger partial charge >= 0.3 is 0 Å². The molecule has 0 saturated heterocycles. The Kier molecular flexibility index (Phi) is 3.24. The maximum Gasteiger partial charge on any atom is 0.164 e. The molecule has 1 aromatic heterocycles. The van der Waals surface area contributed by atoms with Gasteiger partial charge in [0, 0.05) is 16.1 Å². The molecule has 0 aliphatic carbocycles. The van der Waals surface area contributed by atoms with E-state index < -0.39 is 0 Å². The van der Waals surface area contributed by atoms with Crippen molar-refractivity contribution in [2.24, 2.45) is 0 Å². The fourth-order valence-electron chi connectivity index (χ4n) is 1.84. The average Bonchev–Trinajstić information content (AvgIpc) is 2.56. The normalized spacial score (nSPS) is 11.1. The minimum Gasteiger partial charge on any atom is -0.504 e. The van der Waals surface area contributed by atoms with Crippen LogP contribution in [-0.4, -0.2) is 14.9 Å². The summed E-state index contributed by atoms with van der Waals surface area (Å²) < 4.78 is 2.82. The average molecular weight is 295 g/mol. The first-order valence-corrected chi connectivity index (χ1v) is 6.34. The van der Waals surface area contributed by atoms with Crippen molar-refractivity contribution < 1.29 is 5.11 Å². The molecule has 17 heavy (non-hydrogen) atoms. The van der Waals surface area contributed by atoms with Crippen LogP contribution in [0.4, 0.5) is 0 Å². The first kappa shape index (κ1) is 12.2. The fraction of sp³-hybridized carbons (Fsp3) is 0.308. The fourth-order valence-corrected chi connectivity index (χ4v) is 2.24. The second-order valence-corrected chi connectivity index (χ2v) is 5.25. The van der Waals surface area contributed by atoms with Gasteiger partial charge in [-0.1, -0.05) is 28.1 Å². The molecule has 0 fully saturated rings. The van der Waals surface area contributed by atoms with E-state index in [0.717, 1.165) is 15.7 Å². The minimum atomic E-state index is 0.238. The molecule has 0 amide bonds. The number of aromatic hydroxyl groups is 1.